The van der Waals surface area contributed by atoms with Gasteiger partial charge in [-0.3, -0.25) is 0 Å². The summed E-state index contributed by atoms with van der Waals surface area (Å²) >= 11 is 12.3. The largest absolute Gasteiger partial charge is 0.491 e. The second-order valence-electron chi connectivity index (χ2n) is 5.30. The maximum atomic E-state index is 12.6. The molecule has 25 heavy (non-hydrogen) atoms. The summed E-state index contributed by atoms with van der Waals surface area (Å²) in [5, 5.41) is 4.31. The molecule has 140 valence electrons. The van der Waals surface area contributed by atoms with Crippen molar-refractivity contribution in [3.05, 3.63) is 32.4 Å². The number of nitrogens with zero attached hydrogens (tertiary/aromatic N) is 1. The third-order valence-corrected chi connectivity index (χ3v) is 4.03. The Morgan fingerprint density at radius 2 is 1.92 bits per heavy atom. The van der Waals surface area contributed by atoms with Gasteiger partial charge in [0, 0.05) is 6.07 Å². The van der Waals surface area contributed by atoms with Crippen LogP contribution in [0, 0.1) is 0 Å². The van der Waals surface area contributed by atoms with Gasteiger partial charge in [0.25, 0.3) is 0 Å². The first-order valence-electron chi connectivity index (χ1n) is 7.79. The number of benzene rings is 1. The molecule has 1 rings (SSSR count). The SMILES string of the molecule is CC(C)=NOCCCCCOc1c(Cl)cc(OC/C=C(\F)Br)cc1Br. The first kappa shape index (κ1) is 22.3. The third kappa shape index (κ3) is 10.1. The van der Waals surface area contributed by atoms with E-state index in [-0.39, 0.29) is 6.61 Å². The van der Waals surface area contributed by atoms with E-state index >= 15 is 0 Å². The van der Waals surface area contributed by atoms with Gasteiger partial charge in [-0.25, -0.2) is 0 Å². The Labute approximate surface area is 169 Å². The average molecular weight is 502 g/mol. The molecule has 0 aliphatic rings. The average Bonchev–Trinajstić information content (AvgIpc) is 2.51. The zero-order valence-corrected chi connectivity index (χ0v) is 18.1. The van der Waals surface area contributed by atoms with E-state index in [1.807, 2.05) is 13.8 Å². The molecule has 0 N–H and O–H groups in total. The first-order valence-corrected chi connectivity index (χ1v) is 9.75. The van der Waals surface area contributed by atoms with Crippen LogP contribution in [-0.4, -0.2) is 25.5 Å². The lowest BCUT2D eigenvalue weighted by Gasteiger charge is -2.12. The molecule has 0 spiro atoms. The summed E-state index contributed by atoms with van der Waals surface area (Å²) in [6, 6.07) is 3.38. The minimum atomic E-state index is -0.473. The maximum Gasteiger partial charge on any atom is 0.165 e. The lowest BCUT2D eigenvalue weighted by molar-refractivity contribution is 0.138. The Balaban J connectivity index is 2.36. The van der Waals surface area contributed by atoms with E-state index in [4.69, 9.17) is 25.9 Å². The molecule has 0 fully saturated rings. The van der Waals surface area contributed by atoms with Gasteiger partial charge in [-0.05, 0) is 77.1 Å². The number of rotatable bonds is 11. The molecule has 0 saturated heterocycles. The molecule has 1 aromatic carbocycles. The van der Waals surface area contributed by atoms with Crippen LogP contribution in [0.25, 0.3) is 0 Å². The summed E-state index contributed by atoms with van der Waals surface area (Å²) in [5.74, 6) is 1.09. The highest BCUT2D eigenvalue weighted by Gasteiger charge is 2.10. The van der Waals surface area contributed by atoms with Crippen LogP contribution < -0.4 is 9.47 Å². The van der Waals surface area contributed by atoms with Crippen LogP contribution >= 0.6 is 43.5 Å². The second-order valence-corrected chi connectivity index (χ2v) is 7.32. The molecule has 1 aromatic rings. The van der Waals surface area contributed by atoms with Gasteiger partial charge in [0.1, 0.15) is 19.0 Å². The molecule has 0 heterocycles. The summed E-state index contributed by atoms with van der Waals surface area (Å²) in [6.45, 7) is 5.03. The van der Waals surface area contributed by atoms with Crippen molar-refractivity contribution in [2.75, 3.05) is 19.8 Å². The predicted molar refractivity (Wildman–Crippen MR) is 107 cm³/mol. The van der Waals surface area contributed by atoms with E-state index in [9.17, 15) is 4.39 Å². The fourth-order valence-electron chi connectivity index (χ4n) is 1.75. The number of ether oxygens (including phenoxy) is 2. The van der Waals surface area contributed by atoms with E-state index < -0.39 is 4.74 Å². The summed E-state index contributed by atoms with van der Waals surface area (Å²) in [7, 11) is 0. The lowest BCUT2D eigenvalue weighted by Crippen LogP contribution is -2.01. The fraction of sp³-hybridized carbons (Fsp3) is 0.471. The van der Waals surface area contributed by atoms with Gasteiger partial charge in [-0.1, -0.05) is 16.8 Å². The molecule has 0 saturated carbocycles. The van der Waals surface area contributed by atoms with E-state index in [1.54, 1.807) is 12.1 Å². The highest BCUT2D eigenvalue weighted by molar-refractivity contribution is 9.11. The number of unbranched alkanes of at least 4 members (excludes halogenated alkanes) is 2. The highest BCUT2D eigenvalue weighted by Crippen LogP contribution is 2.37. The maximum absolute atomic E-state index is 12.6. The zero-order chi connectivity index (χ0) is 18.7. The van der Waals surface area contributed by atoms with Crippen LogP contribution in [0.1, 0.15) is 33.1 Å². The standard InChI is InChI=1S/C17H21Br2ClFNO3/c1-12(2)22-25-8-5-3-4-7-24-17-14(18)10-13(11-15(17)20)23-9-6-16(19)21/h6,10-11H,3-5,7-9H2,1-2H3/b16-6-. The van der Waals surface area contributed by atoms with Crippen molar-refractivity contribution >= 4 is 49.2 Å². The summed E-state index contributed by atoms with van der Waals surface area (Å²) in [5.41, 5.74) is 0.906. The van der Waals surface area contributed by atoms with Gasteiger partial charge in [0.15, 0.2) is 10.5 Å². The number of oxime groups is 1. The van der Waals surface area contributed by atoms with Crippen molar-refractivity contribution in [3.8, 4) is 11.5 Å². The van der Waals surface area contributed by atoms with E-state index in [0.29, 0.717) is 34.2 Å². The van der Waals surface area contributed by atoms with Crippen LogP contribution in [0.5, 0.6) is 11.5 Å². The smallest absolute Gasteiger partial charge is 0.165 e. The van der Waals surface area contributed by atoms with Crippen molar-refractivity contribution in [1.82, 2.24) is 0 Å². The van der Waals surface area contributed by atoms with Crippen LogP contribution in [0.3, 0.4) is 0 Å². The first-order chi connectivity index (χ1) is 11.9. The number of halogens is 4. The van der Waals surface area contributed by atoms with Crippen molar-refractivity contribution < 1.29 is 18.7 Å². The Bertz CT molecular complexity index is 581. The monoisotopic (exact) mass is 499 g/mol. The Kier molecular flexibility index (Phi) is 11.2. The van der Waals surface area contributed by atoms with Crippen molar-refractivity contribution in [1.29, 1.82) is 0 Å². The summed E-state index contributed by atoms with van der Waals surface area (Å²) < 4.78 is 23.9. The second kappa shape index (κ2) is 12.5. The molecule has 4 nitrogen and oxygen atoms in total. The molecule has 0 amide bonds. The van der Waals surface area contributed by atoms with Crippen molar-refractivity contribution in [2.45, 2.75) is 33.1 Å². The topological polar surface area (TPSA) is 40.0 Å². The molecule has 0 bridgehead atoms. The summed E-state index contributed by atoms with van der Waals surface area (Å²) in [4.78, 5) is 5.13. The normalized spacial score (nSPS) is 11.2. The van der Waals surface area contributed by atoms with Crippen LogP contribution in [0.15, 0.2) is 32.6 Å². The van der Waals surface area contributed by atoms with Crippen molar-refractivity contribution in [3.63, 3.8) is 0 Å². The lowest BCUT2D eigenvalue weighted by atomic mass is 10.2. The van der Waals surface area contributed by atoms with Gasteiger partial charge in [-0.15, -0.1) is 0 Å². The fourth-order valence-corrected chi connectivity index (χ4v) is 2.82. The van der Waals surface area contributed by atoms with Crippen LogP contribution in [0.2, 0.25) is 5.02 Å². The Morgan fingerprint density at radius 3 is 2.56 bits per heavy atom. The molecular formula is C17H21Br2ClFNO3. The van der Waals surface area contributed by atoms with E-state index in [2.05, 4.69) is 37.0 Å². The molecule has 0 unspecified atom stereocenters. The molecule has 0 atom stereocenters. The minimum Gasteiger partial charge on any atom is -0.491 e. The molecule has 0 aliphatic heterocycles. The molecule has 0 aromatic heterocycles. The van der Waals surface area contributed by atoms with Crippen LogP contribution in [0.4, 0.5) is 4.39 Å². The molecule has 0 radical (unpaired) electrons. The molecule has 8 heteroatoms. The zero-order valence-electron chi connectivity index (χ0n) is 14.2. The summed E-state index contributed by atoms with van der Waals surface area (Å²) in [6.07, 6.45) is 4.04. The number of hydrogen-bond donors (Lipinski definition) is 0. The third-order valence-electron chi connectivity index (χ3n) is 2.83. The van der Waals surface area contributed by atoms with E-state index in [1.165, 1.54) is 6.08 Å². The van der Waals surface area contributed by atoms with Gasteiger partial charge in [0.05, 0.1) is 21.8 Å². The van der Waals surface area contributed by atoms with Crippen molar-refractivity contribution in [2.24, 2.45) is 5.16 Å². The van der Waals surface area contributed by atoms with Gasteiger partial charge in [0.2, 0.25) is 0 Å². The van der Waals surface area contributed by atoms with Gasteiger partial charge in [-0.2, -0.15) is 4.39 Å². The minimum absolute atomic E-state index is 0.101. The number of hydrogen-bond acceptors (Lipinski definition) is 4. The molecular weight excluding hydrogens is 480 g/mol. The van der Waals surface area contributed by atoms with Gasteiger partial charge < -0.3 is 14.3 Å². The highest BCUT2D eigenvalue weighted by atomic mass is 79.9. The van der Waals surface area contributed by atoms with Crippen LogP contribution in [-0.2, 0) is 4.84 Å². The Hall–Kier alpha value is -0.790. The van der Waals surface area contributed by atoms with E-state index in [0.717, 1.165) is 25.0 Å². The van der Waals surface area contributed by atoms with Gasteiger partial charge >= 0.3 is 0 Å². The Morgan fingerprint density at radius 1 is 1.20 bits per heavy atom. The predicted octanol–water partition coefficient (Wildman–Crippen LogP) is 6.65. The quantitative estimate of drug-likeness (QED) is 0.194. The molecule has 0 aliphatic carbocycles.